The van der Waals surface area contributed by atoms with E-state index in [2.05, 4.69) is 29.0 Å². The van der Waals surface area contributed by atoms with Gasteiger partial charge in [-0.25, -0.2) is 0 Å². The highest BCUT2D eigenvalue weighted by molar-refractivity contribution is 5.83. The molecule has 0 spiro atoms. The van der Waals surface area contributed by atoms with Gasteiger partial charge in [0.2, 0.25) is 5.91 Å². The third kappa shape index (κ3) is 2.40. The van der Waals surface area contributed by atoms with E-state index in [0.29, 0.717) is 17.9 Å². The van der Waals surface area contributed by atoms with Crippen molar-refractivity contribution >= 4 is 5.91 Å². The zero-order valence-electron chi connectivity index (χ0n) is 12.3. The van der Waals surface area contributed by atoms with Crippen LogP contribution >= 0.6 is 0 Å². The van der Waals surface area contributed by atoms with Crippen molar-refractivity contribution in [1.82, 2.24) is 15.1 Å². The van der Waals surface area contributed by atoms with Crippen LogP contribution in [0.2, 0.25) is 0 Å². The molecule has 1 aliphatic carbocycles. The number of carbonyl (C=O) groups excluding carboxylic acids is 1. The van der Waals surface area contributed by atoms with Crippen molar-refractivity contribution in [2.45, 2.75) is 45.2 Å². The first kappa shape index (κ1) is 13.4. The van der Waals surface area contributed by atoms with Gasteiger partial charge in [-0.05, 0) is 44.7 Å². The van der Waals surface area contributed by atoms with Gasteiger partial charge < -0.3 is 10.2 Å². The smallest absolute Gasteiger partial charge is 0.240 e. The standard InChI is InChI=1S/C15H27N3O/c1-3-17-7-8-18(10-11(17)2)15(19)14-13-6-4-5-12(13)9-16-14/h11-14,16H,3-10H2,1-2H3. The number of fused-ring (bicyclic) bond motifs is 1. The summed E-state index contributed by atoms with van der Waals surface area (Å²) in [5.74, 6) is 1.76. The normalized spacial score (nSPS) is 39.6. The summed E-state index contributed by atoms with van der Waals surface area (Å²) in [6.45, 7) is 9.44. The van der Waals surface area contributed by atoms with Gasteiger partial charge >= 0.3 is 0 Å². The Morgan fingerprint density at radius 1 is 1.32 bits per heavy atom. The molecule has 19 heavy (non-hydrogen) atoms. The largest absolute Gasteiger partial charge is 0.338 e. The van der Waals surface area contributed by atoms with Gasteiger partial charge in [0.1, 0.15) is 0 Å². The summed E-state index contributed by atoms with van der Waals surface area (Å²) in [4.78, 5) is 17.3. The van der Waals surface area contributed by atoms with Gasteiger partial charge in [-0.15, -0.1) is 0 Å². The molecule has 2 aliphatic heterocycles. The summed E-state index contributed by atoms with van der Waals surface area (Å²) in [6.07, 6.45) is 3.89. The molecule has 4 nitrogen and oxygen atoms in total. The second kappa shape index (κ2) is 5.41. The summed E-state index contributed by atoms with van der Waals surface area (Å²) in [5.41, 5.74) is 0. The number of rotatable bonds is 2. The topological polar surface area (TPSA) is 35.6 Å². The van der Waals surface area contributed by atoms with Crippen molar-refractivity contribution in [1.29, 1.82) is 0 Å². The number of carbonyl (C=O) groups is 1. The molecule has 0 radical (unpaired) electrons. The SMILES string of the molecule is CCN1CCN(C(=O)C2NCC3CCCC32)CC1C. The van der Waals surface area contributed by atoms with Gasteiger partial charge in [0.05, 0.1) is 6.04 Å². The lowest BCUT2D eigenvalue weighted by Gasteiger charge is -2.40. The van der Waals surface area contributed by atoms with E-state index >= 15 is 0 Å². The summed E-state index contributed by atoms with van der Waals surface area (Å²) < 4.78 is 0. The molecule has 0 aromatic heterocycles. The first-order valence-corrected chi connectivity index (χ1v) is 7.97. The van der Waals surface area contributed by atoms with Crippen LogP contribution in [0, 0.1) is 11.8 Å². The molecule has 2 saturated heterocycles. The molecular weight excluding hydrogens is 238 g/mol. The lowest BCUT2D eigenvalue weighted by Crippen LogP contribution is -2.57. The zero-order chi connectivity index (χ0) is 13.4. The molecule has 1 saturated carbocycles. The lowest BCUT2D eigenvalue weighted by molar-refractivity contribution is -0.137. The summed E-state index contributed by atoms with van der Waals surface area (Å²) in [7, 11) is 0. The van der Waals surface area contributed by atoms with Crippen LogP contribution in [0.4, 0.5) is 0 Å². The van der Waals surface area contributed by atoms with E-state index in [1.807, 2.05) is 0 Å². The molecule has 108 valence electrons. The number of likely N-dealkylation sites (N-methyl/N-ethyl adjacent to an activating group) is 1. The molecule has 1 N–H and O–H groups in total. The summed E-state index contributed by atoms with van der Waals surface area (Å²) in [5, 5.41) is 3.49. The first-order chi connectivity index (χ1) is 9.20. The van der Waals surface area contributed by atoms with E-state index in [4.69, 9.17) is 0 Å². The molecule has 3 aliphatic rings. The van der Waals surface area contributed by atoms with Crippen LogP contribution in [0.5, 0.6) is 0 Å². The Morgan fingerprint density at radius 2 is 2.16 bits per heavy atom. The van der Waals surface area contributed by atoms with Crippen LogP contribution in [-0.4, -0.2) is 60.5 Å². The summed E-state index contributed by atoms with van der Waals surface area (Å²) in [6, 6.07) is 0.622. The number of amides is 1. The fraction of sp³-hybridized carbons (Fsp3) is 0.933. The maximum Gasteiger partial charge on any atom is 0.240 e. The van der Waals surface area contributed by atoms with Gasteiger partial charge in [0.25, 0.3) is 0 Å². The Balaban J connectivity index is 1.62. The minimum absolute atomic E-state index is 0.118. The van der Waals surface area contributed by atoms with Crippen molar-refractivity contribution in [2.75, 3.05) is 32.7 Å². The van der Waals surface area contributed by atoms with E-state index in [-0.39, 0.29) is 6.04 Å². The molecular formula is C15H27N3O. The maximum atomic E-state index is 12.7. The third-order valence-electron chi connectivity index (χ3n) is 5.49. The average molecular weight is 265 g/mol. The third-order valence-corrected chi connectivity index (χ3v) is 5.49. The Hall–Kier alpha value is -0.610. The molecule has 3 rings (SSSR count). The number of hydrogen-bond donors (Lipinski definition) is 1. The van der Waals surface area contributed by atoms with Gasteiger partial charge in [0, 0.05) is 25.7 Å². The lowest BCUT2D eigenvalue weighted by atomic mass is 9.93. The van der Waals surface area contributed by atoms with E-state index < -0.39 is 0 Å². The van der Waals surface area contributed by atoms with E-state index in [1.54, 1.807) is 0 Å². The Labute approximate surface area is 116 Å². The highest BCUT2D eigenvalue weighted by Gasteiger charge is 2.44. The minimum Gasteiger partial charge on any atom is -0.338 e. The zero-order valence-corrected chi connectivity index (χ0v) is 12.3. The van der Waals surface area contributed by atoms with Crippen molar-refractivity contribution in [3.8, 4) is 0 Å². The average Bonchev–Trinajstić information content (AvgIpc) is 3.00. The van der Waals surface area contributed by atoms with Gasteiger partial charge in [0.15, 0.2) is 0 Å². The second-order valence-electron chi connectivity index (χ2n) is 6.50. The summed E-state index contributed by atoms with van der Waals surface area (Å²) >= 11 is 0. The van der Waals surface area contributed by atoms with Crippen molar-refractivity contribution in [3.05, 3.63) is 0 Å². The Kier molecular flexibility index (Phi) is 3.81. The monoisotopic (exact) mass is 265 g/mol. The van der Waals surface area contributed by atoms with Gasteiger partial charge in [-0.1, -0.05) is 13.3 Å². The van der Waals surface area contributed by atoms with E-state index in [0.717, 1.165) is 38.6 Å². The molecule has 4 unspecified atom stereocenters. The second-order valence-corrected chi connectivity index (χ2v) is 6.50. The predicted molar refractivity (Wildman–Crippen MR) is 75.9 cm³/mol. The van der Waals surface area contributed by atoms with Crippen LogP contribution in [0.1, 0.15) is 33.1 Å². The highest BCUT2D eigenvalue weighted by Crippen LogP contribution is 2.38. The van der Waals surface area contributed by atoms with E-state index in [1.165, 1.54) is 19.3 Å². The molecule has 3 fully saturated rings. The first-order valence-electron chi connectivity index (χ1n) is 7.97. The van der Waals surface area contributed by atoms with Crippen LogP contribution < -0.4 is 5.32 Å². The fourth-order valence-electron chi connectivity index (χ4n) is 4.32. The molecule has 4 atom stereocenters. The quantitative estimate of drug-likeness (QED) is 0.807. The minimum atomic E-state index is 0.118. The molecule has 1 amide bonds. The van der Waals surface area contributed by atoms with Crippen LogP contribution in [0.3, 0.4) is 0 Å². The molecule has 0 bridgehead atoms. The maximum absolute atomic E-state index is 12.7. The molecule has 0 aromatic rings. The van der Waals surface area contributed by atoms with Crippen molar-refractivity contribution < 1.29 is 4.79 Å². The number of nitrogens with one attached hydrogen (secondary N) is 1. The number of hydrogen-bond acceptors (Lipinski definition) is 3. The molecule has 0 aromatic carbocycles. The van der Waals surface area contributed by atoms with E-state index in [9.17, 15) is 4.79 Å². The molecule has 4 heteroatoms. The highest BCUT2D eigenvalue weighted by atomic mass is 16.2. The van der Waals surface area contributed by atoms with Crippen LogP contribution in [-0.2, 0) is 4.79 Å². The van der Waals surface area contributed by atoms with Crippen molar-refractivity contribution in [2.24, 2.45) is 11.8 Å². The Bertz CT molecular complexity index is 346. The molecule has 2 heterocycles. The predicted octanol–water partition coefficient (Wildman–Crippen LogP) is 0.927. The van der Waals surface area contributed by atoms with Crippen LogP contribution in [0.15, 0.2) is 0 Å². The number of piperazine rings is 1. The van der Waals surface area contributed by atoms with Gasteiger partial charge in [-0.3, -0.25) is 9.69 Å². The van der Waals surface area contributed by atoms with Gasteiger partial charge in [-0.2, -0.15) is 0 Å². The van der Waals surface area contributed by atoms with Crippen LogP contribution in [0.25, 0.3) is 0 Å². The Morgan fingerprint density at radius 3 is 2.89 bits per heavy atom. The van der Waals surface area contributed by atoms with Crippen molar-refractivity contribution in [3.63, 3.8) is 0 Å². The number of nitrogens with zero attached hydrogens (tertiary/aromatic N) is 2. The fourth-order valence-corrected chi connectivity index (χ4v) is 4.32.